The molecule has 11 heteroatoms. The number of carbonyl (C=O) groups is 2. The number of aromatic nitrogens is 1. The van der Waals surface area contributed by atoms with Gasteiger partial charge in [0.2, 0.25) is 11.5 Å². The van der Waals surface area contributed by atoms with Crippen LogP contribution in [0.15, 0.2) is 95.8 Å². The quantitative estimate of drug-likeness (QED) is 0.0730. The van der Waals surface area contributed by atoms with Gasteiger partial charge in [0.15, 0.2) is 0 Å². The second-order valence-corrected chi connectivity index (χ2v) is 14.8. The van der Waals surface area contributed by atoms with Crippen molar-refractivity contribution in [1.29, 1.82) is 0 Å². The maximum Gasteiger partial charge on any atom is 0.411 e. The Bertz CT molecular complexity index is 2160. The Morgan fingerprint density at radius 2 is 1.67 bits per heavy atom. The summed E-state index contributed by atoms with van der Waals surface area (Å²) in [7, 11) is 4.39. The number of aromatic hydroxyl groups is 1. The number of nitrogens with one attached hydrogen (secondary N) is 4. The van der Waals surface area contributed by atoms with Crippen LogP contribution in [0, 0.1) is 6.92 Å². The largest absolute Gasteiger partial charge is 0.506 e. The minimum atomic E-state index is -0.862. The van der Waals surface area contributed by atoms with Crippen molar-refractivity contribution in [2.75, 3.05) is 44.4 Å². The highest BCUT2D eigenvalue weighted by molar-refractivity contribution is 5.93. The van der Waals surface area contributed by atoms with E-state index in [0.29, 0.717) is 48.0 Å². The number of amides is 2. The SMILES string of the molecule is Cc1cc(CNC[C@@H](O)c2ccc(O)c3[nH]c(=O)ccc23)ccc1NC(=O)CCCc1ccc(-c2ccccc2)c(NC(=O)OC2CC[N+](C)(C)CC2)c1. The molecule has 0 bridgehead atoms. The molecule has 1 aliphatic heterocycles. The van der Waals surface area contributed by atoms with E-state index in [0.717, 1.165) is 63.9 Å². The van der Waals surface area contributed by atoms with Gasteiger partial charge in [-0.1, -0.05) is 60.7 Å². The van der Waals surface area contributed by atoms with E-state index in [4.69, 9.17) is 4.74 Å². The number of phenolic OH excluding ortho intramolecular Hbond substituents is 1. The fourth-order valence-corrected chi connectivity index (χ4v) is 7.03. The average molecular weight is 733 g/mol. The molecular weight excluding hydrogens is 683 g/mol. The predicted octanol–water partition coefficient (Wildman–Crippen LogP) is 6.78. The van der Waals surface area contributed by atoms with Gasteiger partial charge in [-0.25, -0.2) is 4.79 Å². The molecule has 1 atom stereocenters. The van der Waals surface area contributed by atoms with Crippen LogP contribution in [0.25, 0.3) is 22.0 Å². The summed E-state index contributed by atoms with van der Waals surface area (Å²) in [4.78, 5) is 40.3. The molecule has 1 saturated heterocycles. The highest BCUT2D eigenvalue weighted by Crippen LogP contribution is 2.31. The number of rotatable bonds is 13. The Morgan fingerprint density at radius 1 is 0.907 bits per heavy atom. The van der Waals surface area contributed by atoms with Gasteiger partial charge in [0.05, 0.1) is 44.5 Å². The van der Waals surface area contributed by atoms with Crippen LogP contribution in [0.4, 0.5) is 16.2 Å². The number of phenols is 1. The molecular formula is C43H50N5O6+. The Labute approximate surface area is 315 Å². The molecule has 1 aliphatic rings. The number of hydrogen-bond acceptors (Lipinski definition) is 7. The van der Waals surface area contributed by atoms with Crippen LogP contribution in [0.5, 0.6) is 5.75 Å². The minimum absolute atomic E-state index is 0.0524. The summed E-state index contributed by atoms with van der Waals surface area (Å²) in [6, 6.07) is 27.9. The molecule has 282 valence electrons. The number of aliphatic hydroxyl groups excluding tert-OH is 1. The number of aliphatic hydroxyl groups is 1. The van der Waals surface area contributed by atoms with Crippen molar-refractivity contribution in [3.05, 3.63) is 124 Å². The van der Waals surface area contributed by atoms with Gasteiger partial charge >= 0.3 is 6.09 Å². The molecule has 2 amide bonds. The van der Waals surface area contributed by atoms with Gasteiger partial charge in [-0.3, -0.25) is 14.9 Å². The van der Waals surface area contributed by atoms with Crippen LogP contribution in [-0.2, 0) is 22.5 Å². The molecule has 6 N–H and O–H groups in total. The number of aromatic amines is 1. The lowest BCUT2D eigenvalue weighted by molar-refractivity contribution is -0.896. The lowest BCUT2D eigenvalue weighted by atomic mass is 9.99. The Kier molecular flexibility index (Phi) is 12.1. The van der Waals surface area contributed by atoms with Gasteiger partial charge in [-0.2, -0.15) is 0 Å². The molecule has 4 aromatic carbocycles. The van der Waals surface area contributed by atoms with Crippen LogP contribution < -0.4 is 21.5 Å². The number of anilines is 2. The number of H-pyrrole nitrogens is 1. The normalized spacial score (nSPS) is 14.7. The van der Waals surface area contributed by atoms with Crippen molar-refractivity contribution in [2.45, 2.75) is 57.8 Å². The zero-order valence-electron chi connectivity index (χ0n) is 31.2. The van der Waals surface area contributed by atoms with Crippen molar-refractivity contribution in [2.24, 2.45) is 0 Å². The fraction of sp³-hybridized carbons (Fsp3) is 0.326. The van der Waals surface area contributed by atoms with Gasteiger partial charge in [0.25, 0.3) is 0 Å². The summed E-state index contributed by atoms with van der Waals surface area (Å²) in [5, 5.41) is 30.9. The summed E-state index contributed by atoms with van der Waals surface area (Å²) in [6.07, 6.45) is 1.91. The average Bonchev–Trinajstić information content (AvgIpc) is 3.14. The predicted molar refractivity (Wildman–Crippen MR) is 212 cm³/mol. The number of quaternary nitrogens is 1. The van der Waals surface area contributed by atoms with E-state index < -0.39 is 12.2 Å². The number of likely N-dealkylation sites (tertiary alicyclic amines) is 1. The van der Waals surface area contributed by atoms with E-state index in [1.54, 1.807) is 12.1 Å². The van der Waals surface area contributed by atoms with Crippen molar-refractivity contribution in [1.82, 2.24) is 10.3 Å². The Morgan fingerprint density at radius 3 is 2.43 bits per heavy atom. The topological polar surface area (TPSA) is 153 Å². The van der Waals surface area contributed by atoms with Crippen LogP contribution in [0.1, 0.15) is 54.0 Å². The summed E-state index contributed by atoms with van der Waals surface area (Å²) in [6.45, 7) is 4.64. The molecule has 54 heavy (non-hydrogen) atoms. The summed E-state index contributed by atoms with van der Waals surface area (Å²) >= 11 is 0. The number of aryl methyl sites for hydroxylation is 2. The molecule has 0 saturated carbocycles. The number of piperidine rings is 1. The van der Waals surface area contributed by atoms with E-state index in [1.165, 1.54) is 12.1 Å². The van der Waals surface area contributed by atoms with Crippen molar-refractivity contribution in [3.8, 4) is 16.9 Å². The van der Waals surface area contributed by atoms with Gasteiger partial charge < -0.3 is 35.1 Å². The van der Waals surface area contributed by atoms with Gasteiger partial charge in [-0.05, 0) is 71.8 Å². The lowest BCUT2D eigenvalue weighted by Crippen LogP contribution is -2.48. The molecule has 11 nitrogen and oxygen atoms in total. The first-order valence-corrected chi connectivity index (χ1v) is 18.6. The van der Waals surface area contributed by atoms with Gasteiger partial charge in [0.1, 0.15) is 11.9 Å². The lowest BCUT2D eigenvalue weighted by Gasteiger charge is -2.36. The minimum Gasteiger partial charge on any atom is -0.506 e. The molecule has 0 aliphatic carbocycles. The number of benzene rings is 4. The molecule has 1 fully saturated rings. The van der Waals surface area contributed by atoms with Crippen LogP contribution in [-0.4, -0.2) is 71.5 Å². The highest BCUT2D eigenvalue weighted by Gasteiger charge is 2.28. The first-order valence-electron chi connectivity index (χ1n) is 18.6. The van der Waals surface area contributed by atoms with Gasteiger partial charge in [0, 0.05) is 55.1 Å². The third-order valence-electron chi connectivity index (χ3n) is 10.2. The third kappa shape index (κ3) is 9.93. The molecule has 1 aromatic heterocycles. The van der Waals surface area contributed by atoms with E-state index in [9.17, 15) is 24.6 Å². The first kappa shape index (κ1) is 38.2. The Balaban J connectivity index is 0.996. The zero-order valence-corrected chi connectivity index (χ0v) is 31.2. The number of fused-ring (bicyclic) bond motifs is 1. The number of hydrogen-bond donors (Lipinski definition) is 6. The fourth-order valence-electron chi connectivity index (χ4n) is 7.03. The van der Waals surface area contributed by atoms with E-state index in [2.05, 4.69) is 35.0 Å². The number of ether oxygens (including phenoxy) is 1. The second-order valence-electron chi connectivity index (χ2n) is 14.8. The number of pyridine rings is 1. The van der Waals surface area contributed by atoms with Gasteiger partial charge in [-0.15, -0.1) is 0 Å². The zero-order chi connectivity index (χ0) is 38.2. The second kappa shape index (κ2) is 17.1. The summed E-state index contributed by atoms with van der Waals surface area (Å²) in [5.74, 6) is -0.130. The Hall–Kier alpha value is -5.49. The molecule has 0 spiro atoms. The molecule has 5 aromatic rings. The molecule has 0 unspecified atom stereocenters. The van der Waals surface area contributed by atoms with E-state index in [1.807, 2.05) is 73.7 Å². The number of carbonyl (C=O) groups excluding carboxylic acids is 2. The first-order chi connectivity index (χ1) is 25.9. The maximum absolute atomic E-state index is 13.0. The van der Waals surface area contributed by atoms with Crippen LogP contribution >= 0.6 is 0 Å². The molecule has 0 radical (unpaired) electrons. The number of nitrogens with zero attached hydrogens (tertiary/aromatic N) is 1. The monoisotopic (exact) mass is 732 g/mol. The van der Waals surface area contributed by atoms with Crippen molar-refractivity contribution in [3.63, 3.8) is 0 Å². The third-order valence-corrected chi connectivity index (χ3v) is 10.2. The molecule has 6 rings (SSSR count). The van der Waals surface area contributed by atoms with Crippen molar-refractivity contribution < 1.29 is 29.0 Å². The van der Waals surface area contributed by atoms with Crippen molar-refractivity contribution >= 4 is 34.3 Å². The van der Waals surface area contributed by atoms with Crippen LogP contribution in [0.2, 0.25) is 0 Å². The summed E-state index contributed by atoms with van der Waals surface area (Å²) < 4.78 is 6.76. The smallest absolute Gasteiger partial charge is 0.411 e. The van der Waals surface area contributed by atoms with E-state index >= 15 is 0 Å². The van der Waals surface area contributed by atoms with Crippen LogP contribution in [0.3, 0.4) is 0 Å². The molecule has 2 heterocycles. The standard InChI is InChI=1S/C43H49N5O6/c1-28-24-30(26-44-27-39(50)34-15-18-38(49)42-35(34)16-19-41(52)47-42)13-17-36(28)45-40(51)11-7-8-29-12-14-33(31-9-5-4-6-10-31)37(25-29)46-43(53)54-32-20-22-48(2,3)23-21-32/h4-6,9-10,12-19,24-25,32,39,44,50H,7-8,11,20-23,26-27H2,1-3H3,(H3-,45,46,47,49,51,52,53)/p+1/t39-/m1/s1. The van der Waals surface area contributed by atoms with E-state index in [-0.39, 0.29) is 29.9 Å². The maximum atomic E-state index is 13.0. The summed E-state index contributed by atoms with van der Waals surface area (Å²) in [5.41, 5.74) is 6.82. The highest BCUT2D eigenvalue weighted by atomic mass is 16.6.